The minimum absolute atomic E-state index is 0.826. The van der Waals surface area contributed by atoms with Crippen LogP contribution in [0.1, 0.15) is 53.4 Å². The molecule has 0 fully saturated rings. The SMILES string of the molecule is CCC1=C(CC)C(CC)=C(CC)[CH]1.[Cl][Zr][Cl]. The summed E-state index contributed by atoms with van der Waals surface area (Å²) in [5.74, 6) is 0. The molecule has 1 aliphatic rings. The van der Waals surface area contributed by atoms with Crippen LogP contribution in [0.25, 0.3) is 0 Å². The molecule has 0 unspecified atom stereocenters. The molecule has 0 N–H and O–H groups in total. The molecule has 0 aliphatic heterocycles. The third-order valence-corrected chi connectivity index (χ3v) is 2.96. The van der Waals surface area contributed by atoms with Gasteiger partial charge in [-0.05, 0) is 36.8 Å². The molecule has 0 aromatic heterocycles. The molecule has 3 heteroatoms. The van der Waals surface area contributed by atoms with Crippen molar-refractivity contribution in [1.82, 2.24) is 0 Å². The predicted octanol–water partition coefficient (Wildman–Crippen LogP) is 5.81. The van der Waals surface area contributed by atoms with Crippen LogP contribution in [0.5, 0.6) is 0 Å². The van der Waals surface area contributed by atoms with E-state index in [9.17, 15) is 0 Å². The van der Waals surface area contributed by atoms with E-state index in [4.69, 9.17) is 17.0 Å². The van der Waals surface area contributed by atoms with Gasteiger partial charge in [-0.15, -0.1) is 0 Å². The van der Waals surface area contributed by atoms with Crippen molar-refractivity contribution in [2.75, 3.05) is 0 Å². The Bertz CT molecular complexity index is 241. The van der Waals surface area contributed by atoms with Gasteiger partial charge >= 0.3 is 37.9 Å². The predicted molar refractivity (Wildman–Crippen MR) is 71.2 cm³/mol. The first-order valence-electron chi connectivity index (χ1n) is 5.95. The molecule has 1 aliphatic carbocycles. The van der Waals surface area contributed by atoms with Gasteiger partial charge in [0.1, 0.15) is 0 Å². The van der Waals surface area contributed by atoms with Gasteiger partial charge in [-0.1, -0.05) is 38.8 Å². The number of halogens is 2. The topological polar surface area (TPSA) is 0 Å². The summed E-state index contributed by atoms with van der Waals surface area (Å²) in [5, 5.41) is 0. The molecule has 0 amide bonds. The van der Waals surface area contributed by atoms with E-state index in [0.717, 1.165) is 0 Å². The van der Waals surface area contributed by atoms with Crippen molar-refractivity contribution in [1.29, 1.82) is 0 Å². The monoisotopic (exact) mass is 337 g/mol. The van der Waals surface area contributed by atoms with E-state index in [-0.39, 0.29) is 0 Å². The molecule has 0 bridgehead atoms. The zero-order valence-electron chi connectivity index (χ0n) is 10.7. The Balaban J connectivity index is 0.000000673. The van der Waals surface area contributed by atoms with Gasteiger partial charge in [0.15, 0.2) is 0 Å². The van der Waals surface area contributed by atoms with Gasteiger partial charge in [0.2, 0.25) is 0 Å². The van der Waals surface area contributed by atoms with Crippen LogP contribution in [0.15, 0.2) is 22.3 Å². The average molecular weight is 339 g/mol. The summed E-state index contributed by atoms with van der Waals surface area (Å²) in [7, 11) is 9.87. The van der Waals surface area contributed by atoms with Crippen molar-refractivity contribution in [2.45, 2.75) is 53.4 Å². The number of rotatable bonds is 4. The van der Waals surface area contributed by atoms with Crippen LogP contribution >= 0.6 is 17.0 Å². The van der Waals surface area contributed by atoms with Gasteiger partial charge in [0.25, 0.3) is 0 Å². The Labute approximate surface area is 119 Å². The summed E-state index contributed by atoms with van der Waals surface area (Å²) < 4.78 is 0. The van der Waals surface area contributed by atoms with Gasteiger partial charge in [-0.3, -0.25) is 0 Å². The summed E-state index contributed by atoms with van der Waals surface area (Å²) in [4.78, 5) is 0. The van der Waals surface area contributed by atoms with Crippen LogP contribution in [-0.4, -0.2) is 0 Å². The molecule has 0 saturated heterocycles. The first-order valence-corrected chi connectivity index (χ1v) is 12.3. The van der Waals surface area contributed by atoms with E-state index in [1.807, 2.05) is 0 Å². The molecule has 0 aromatic carbocycles. The van der Waals surface area contributed by atoms with Gasteiger partial charge in [-0.2, -0.15) is 0 Å². The maximum atomic E-state index is 4.93. The van der Waals surface area contributed by atoms with Crippen molar-refractivity contribution in [3.8, 4) is 0 Å². The molecule has 1 radical (unpaired) electrons. The van der Waals surface area contributed by atoms with Crippen molar-refractivity contribution >= 4 is 17.0 Å². The van der Waals surface area contributed by atoms with E-state index in [2.05, 4.69) is 34.1 Å². The van der Waals surface area contributed by atoms with Gasteiger partial charge in [0, 0.05) is 6.42 Å². The summed E-state index contributed by atoms with van der Waals surface area (Å²) in [6.45, 7) is 9.06. The van der Waals surface area contributed by atoms with E-state index < -0.39 is 20.8 Å². The molecule has 91 valence electrons. The molecular weight excluding hydrogens is 318 g/mol. The first-order chi connectivity index (χ1) is 7.69. The van der Waals surface area contributed by atoms with Crippen LogP contribution < -0.4 is 0 Å². The molecule has 16 heavy (non-hydrogen) atoms. The quantitative estimate of drug-likeness (QED) is 0.606. The second-order valence-corrected chi connectivity index (χ2v) is 7.37. The zero-order valence-corrected chi connectivity index (χ0v) is 14.6. The molecule has 0 saturated carbocycles. The Kier molecular flexibility index (Phi) is 10.5. The minimum atomic E-state index is -0.826. The first kappa shape index (κ1) is 16.9. The normalized spacial score (nSPS) is 15.1. The van der Waals surface area contributed by atoms with Crippen molar-refractivity contribution in [3.05, 3.63) is 28.7 Å². The second-order valence-electron chi connectivity index (χ2n) is 3.64. The van der Waals surface area contributed by atoms with E-state index in [1.54, 1.807) is 22.3 Å². The van der Waals surface area contributed by atoms with Crippen LogP contribution in [0.3, 0.4) is 0 Å². The fourth-order valence-corrected chi connectivity index (χ4v) is 2.28. The Morgan fingerprint density at radius 2 is 1.12 bits per heavy atom. The van der Waals surface area contributed by atoms with Crippen LogP contribution in [0, 0.1) is 6.42 Å². The summed E-state index contributed by atoms with van der Waals surface area (Å²) in [6.07, 6.45) is 7.20. The van der Waals surface area contributed by atoms with Crippen LogP contribution in [-0.2, 0) is 20.8 Å². The molecule has 0 spiro atoms. The Morgan fingerprint density at radius 1 is 0.812 bits per heavy atom. The van der Waals surface area contributed by atoms with E-state index in [0.29, 0.717) is 0 Å². The number of allylic oxidation sites excluding steroid dienone is 4. The molecule has 1 rings (SSSR count). The molecule has 0 heterocycles. The molecular formula is C13H21Cl2Zr. The number of hydrogen-bond acceptors (Lipinski definition) is 0. The maximum absolute atomic E-state index is 4.93. The van der Waals surface area contributed by atoms with Gasteiger partial charge in [-0.25, -0.2) is 0 Å². The van der Waals surface area contributed by atoms with Gasteiger partial charge in [0.05, 0.1) is 0 Å². The Morgan fingerprint density at radius 3 is 1.31 bits per heavy atom. The fourth-order valence-electron chi connectivity index (χ4n) is 2.28. The summed E-state index contributed by atoms with van der Waals surface area (Å²) >= 11 is -0.826. The van der Waals surface area contributed by atoms with Crippen LogP contribution in [0.4, 0.5) is 0 Å². The van der Waals surface area contributed by atoms with E-state index >= 15 is 0 Å². The molecule has 0 nitrogen and oxygen atoms in total. The molecule has 0 aromatic rings. The third-order valence-electron chi connectivity index (χ3n) is 2.96. The number of hydrogen-bond donors (Lipinski definition) is 0. The van der Waals surface area contributed by atoms with E-state index in [1.165, 1.54) is 25.7 Å². The standard InChI is InChI=1S/C13H21.2ClH.Zr/c1-5-10-9-11(6-2)13(8-4)12(10)7-3;;;/h9H,5-8H2,1-4H3;2*1H;/q;;;+2/p-2. The average Bonchev–Trinajstić information content (AvgIpc) is 2.66. The van der Waals surface area contributed by atoms with Crippen molar-refractivity contribution < 1.29 is 20.8 Å². The van der Waals surface area contributed by atoms with Gasteiger partial charge < -0.3 is 0 Å². The summed E-state index contributed by atoms with van der Waals surface area (Å²) in [5.41, 5.74) is 6.41. The van der Waals surface area contributed by atoms with Crippen molar-refractivity contribution in [3.63, 3.8) is 0 Å². The van der Waals surface area contributed by atoms with Crippen molar-refractivity contribution in [2.24, 2.45) is 0 Å². The fraction of sp³-hybridized carbons (Fsp3) is 0.615. The Hall–Kier alpha value is 0.943. The molecule has 0 atom stereocenters. The zero-order chi connectivity index (χ0) is 12.6. The van der Waals surface area contributed by atoms with Crippen LogP contribution in [0.2, 0.25) is 0 Å². The second kappa shape index (κ2) is 9.92. The summed E-state index contributed by atoms with van der Waals surface area (Å²) in [6, 6.07) is 0. The third kappa shape index (κ3) is 4.67.